The van der Waals surface area contributed by atoms with Crippen LogP contribution in [0.3, 0.4) is 0 Å². The number of esters is 1. The maximum absolute atomic E-state index is 12.4. The van der Waals surface area contributed by atoms with E-state index in [4.69, 9.17) is 14.2 Å². The van der Waals surface area contributed by atoms with Crippen molar-refractivity contribution in [1.82, 2.24) is 0 Å². The topological polar surface area (TPSA) is 44.8 Å². The number of hydrogen-bond donors (Lipinski definition) is 0. The SMILES string of the molecule is CC1=C2C(=O)O[C@H]3CC[C@@H](C)[C@H]([C@@H]4OC(C)(C)O[C@H]14)[C@@]23C. The molecule has 116 valence electrons. The van der Waals surface area contributed by atoms with Gasteiger partial charge in [-0.1, -0.05) is 13.8 Å². The van der Waals surface area contributed by atoms with Gasteiger partial charge in [-0.15, -0.1) is 0 Å². The third kappa shape index (κ3) is 1.55. The Bertz CT molecular complexity index is 549. The molecule has 0 amide bonds. The van der Waals surface area contributed by atoms with Gasteiger partial charge in [-0.25, -0.2) is 4.79 Å². The van der Waals surface area contributed by atoms with Crippen LogP contribution in [0.15, 0.2) is 11.1 Å². The van der Waals surface area contributed by atoms with Crippen molar-refractivity contribution in [1.29, 1.82) is 0 Å². The molecule has 0 spiro atoms. The second-order valence-electron chi connectivity index (χ2n) is 7.84. The first-order valence-electron chi connectivity index (χ1n) is 8.03. The van der Waals surface area contributed by atoms with Crippen molar-refractivity contribution < 1.29 is 19.0 Å². The van der Waals surface area contributed by atoms with E-state index in [0.29, 0.717) is 5.92 Å². The molecule has 2 heterocycles. The molecule has 6 atom stereocenters. The second-order valence-corrected chi connectivity index (χ2v) is 7.84. The lowest BCUT2D eigenvalue weighted by Crippen LogP contribution is -2.55. The highest BCUT2D eigenvalue weighted by atomic mass is 16.8. The number of fused-ring (bicyclic) bond motifs is 2. The van der Waals surface area contributed by atoms with Crippen LogP contribution in [0.2, 0.25) is 0 Å². The van der Waals surface area contributed by atoms with Crippen molar-refractivity contribution in [3.63, 3.8) is 0 Å². The predicted octanol–water partition coefficient (Wildman–Crippen LogP) is 2.81. The Balaban J connectivity index is 1.91. The minimum atomic E-state index is -0.581. The van der Waals surface area contributed by atoms with E-state index in [1.165, 1.54) is 0 Å². The minimum Gasteiger partial charge on any atom is -0.458 e. The molecule has 4 heteroatoms. The van der Waals surface area contributed by atoms with Crippen LogP contribution in [0.4, 0.5) is 0 Å². The highest BCUT2D eigenvalue weighted by Gasteiger charge is 2.66. The van der Waals surface area contributed by atoms with Crippen LogP contribution in [0.1, 0.15) is 47.5 Å². The van der Waals surface area contributed by atoms with E-state index in [1.54, 1.807) is 0 Å². The first-order valence-corrected chi connectivity index (χ1v) is 8.03. The fraction of sp³-hybridized carbons (Fsp3) is 0.824. The van der Waals surface area contributed by atoms with Gasteiger partial charge in [0.1, 0.15) is 12.2 Å². The molecule has 0 bridgehead atoms. The summed E-state index contributed by atoms with van der Waals surface area (Å²) < 4.78 is 18.1. The summed E-state index contributed by atoms with van der Waals surface area (Å²) in [6.45, 7) is 10.4. The highest BCUT2D eigenvalue weighted by molar-refractivity contribution is 5.94. The standard InChI is InChI=1S/C17H24O4/c1-8-6-7-10-17(5)11(8)14-13(20-16(3,4)21-14)9(2)12(17)15(18)19-10/h8,10-11,13-14H,6-7H2,1-5H3/t8-,10+,11-,13-,14+,17+/m1/s1. The molecule has 4 nitrogen and oxygen atoms in total. The Labute approximate surface area is 125 Å². The van der Waals surface area contributed by atoms with Gasteiger partial charge in [-0.2, -0.15) is 0 Å². The summed E-state index contributed by atoms with van der Waals surface area (Å²) in [7, 11) is 0. The molecule has 2 aliphatic heterocycles. The largest absolute Gasteiger partial charge is 0.458 e. The zero-order valence-electron chi connectivity index (χ0n) is 13.4. The van der Waals surface area contributed by atoms with Crippen molar-refractivity contribution in [2.24, 2.45) is 17.3 Å². The number of carbonyl (C=O) groups excluding carboxylic acids is 1. The van der Waals surface area contributed by atoms with Crippen molar-refractivity contribution >= 4 is 5.97 Å². The van der Waals surface area contributed by atoms with Crippen LogP contribution in [0, 0.1) is 17.3 Å². The molecule has 3 fully saturated rings. The third-order valence-electron chi connectivity index (χ3n) is 6.15. The summed E-state index contributed by atoms with van der Waals surface area (Å²) >= 11 is 0. The van der Waals surface area contributed by atoms with E-state index in [1.807, 2.05) is 20.8 Å². The number of carbonyl (C=O) groups is 1. The second kappa shape index (κ2) is 3.90. The Kier molecular flexibility index (Phi) is 2.56. The van der Waals surface area contributed by atoms with Crippen LogP contribution in [0.5, 0.6) is 0 Å². The van der Waals surface area contributed by atoms with Crippen LogP contribution < -0.4 is 0 Å². The molecule has 2 saturated heterocycles. The Morgan fingerprint density at radius 2 is 1.86 bits per heavy atom. The van der Waals surface area contributed by atoms with E-state index in [0.717, 1.165) is 24.0 Å². The first-order chi connectivity index (χ1) is 9.75. The zero-order chi connectivity index (χ0) is 15.2. The Morgan fingerprint density at radius 1 is 1.14 bits per heavy atom. The fourth-order valence-corrected chi connectivity index (χ4v) is 5.40. The lowest BCUT2D eigenvalue weighted by Gasteiger charge is -2.51. The molecule has 0 N–H and O–H groups in total. The average molecular weight is 292 g/mol. The van der Waals surface area contributed by atoms with Gasteiger partial charge >= 0.3 is 5.97 Å². The summed E-state index contributed by atoms with van der Waals surface area (Å²) in [6.07, 6.45) is 1.96. The van der Waals surface area contributed by atoms with E-state index < -0.39 is 5.79 Å². The number of hydrogen-bond acceptors (Lipinski definition) is 4. The van der Waals surface area contributed by atoms with Gasteiger partial charge in [-0.05, 0) is 45.1 Å². The third-order valence-corrected chi connectivity index (χ3v) is 6.15. The molecule has 0 aromatic heterocycles. The Morgan fingerprint density at radius 3 is 2.57 bits per heavy atom. The summed E-state index contributed by atoms with van der Waals surface area (Å²) in [5, 5.41) is 0. The maximum Gasteiger partial charge on any atom is 0.335 e. The molecule has 4 rings (SSSR count). The molecule has 2 aliphatic carbocycles. The summed E-state index contributed by atoms with van der Waals surface area (Å²) in [5.41, 5.74) is 1.67. The molecular formula is C17H24O4. The van der Waals surface area contributed by atoms with E-state index in [-0.39, 0.29) is 35.6 Å². The first kappa shape index (κ1) is 13.8. The Hall–Kier alpha value is -0.870. The van der Waals surface area contributed by atoms with Gasteiger partial charge in [0.25, 0.3) is 0 Å². The van der Waals surface area contributed by atoms with Gasteiger partial charge in [0.2, 0.25) is 0 Å². The molecule has 0 radical (unpaired) electrons. The summed E-state index contributed by atoms with van der Waals surface area (Å²) in [6, 6.07) is 0. The molecule has 4 aliphatic rings. The van der Waals surface area contributed by atoms with Crippen LogP contribution in [0.25, 0.3) is 0 Å². The highest BCUT2D eigenvalue weighted by Crippen LogP contribution is 2.62. The van der Waals surface area contributed by atoms with Crippen molar-refractivity contribution in [3.8, 4) is 0 Å². The predicted molar refractivity (Wildman–Crippen MR) is 76.4 cm³/mol. The average Bonchev–Trinajstić information content (AvgIpc) is 2.81. The molecule has 21 heavy (non-hydrogen) atoms. The fourth-order valence-electron chi connectivity index (χ4n) is 5.40. The molecule has 0 unspecified atom stereocenters. The molecular weight excluding hydrogens is 268 g/mol. The monoisotopic (exact) mass is 292 g/mol. The van der Waals surface area contributed by atoms with Gasteiger partial charge in [0, 0.05) is 16.9 Å². The molecule has 1 saturated carbocycles. The lowest BCUT2D eigenvalue weighted by atomic mass is 9.53. The van der Waals surface area contributed by atoms with Gasteiger partial charge in [0.05, 0.1) is 6.10 Å². The number of rotatable bonds is 0. The van der Waals surface area contributed by atoms with Crippen molar-refractivity contribution in [2.45, 2.75) is 71.6 Å². The van der Waals surface area contributed by atoms with Gasteiger partial charge in [-0.3, -0.25) is 0 Å². The van der Waals surface area contributed by atoms with Gasteiger partial charge in [0.15, 0.2) is 5.79 Å². The van der Waals surface area contributed by atoms with Crippen LogP contribution >= 0.6 is 0 Å². The van der Waals surface area contributed by atoms with Crippen molar-refractivity contribution in [3.05, 3.63) is 11.1 Å². The van der Waals surface area contributed by atoms with Crippen LogP contribution in [-0.2, 0) is 19.0 Å². The summed E-state index contributed by atoms with van der Waals surface area (Å²) in [4.78, 5) is 12.4. The molecule has 0 aromatic rings. The molecule has 0 aromatic carbocycles. The van der Waals surface area contributed by atoms with E-state index >= 15 is 0 Å². The van der Waals surface area contributed by atoms with E-state index in [2.05, 4.69) is 13.8 Å². The zero-order valence-corrected chi connectivity index (χ0v) is 13.4. The van der Waals surface area contributed by atoms with E-state index in [9.17, 15) is 4.79 Å². The normalized spacial score (nSPS) is 50.7. The number of ether oxygens (including phenoxy) is 3. The summed E-state index contributed by atoms with van der Waals surface area (Å²) in [5.74, 6) is 0.0794. The maximum atomic E-state index is 12.4. The lowest BCUT2D eigenvalue weighted by molar-refractivity contribution is -0.164. The van der Waals surface area contributed by atoms with Crippen LogP contribution in [-0.4, -0.2) is 30.1 Å². The smallest absolute Gasteiger partial charge is 0.335 e. The van der Waals surface area contributed by atoms with Crippen molar-refractivity contribution in [2.75, 3.05) is 0 Å². The quantitative estimate of drug-likeness (QED) is 0.644. The van der Waals surface area contributed by atoms with Gasteiger partial charge < -0.3 is 14.2 Å². The minimum absolute atomic E-state index is 0.00409.